The van der Waals surface area contributed by atoms with Gasteiger partial charge in [-0.25, -0.2) is 5.43 Å². The Labute approximate surface area is 350 Å². The molecule has 58 heavy (non-hydrogen) atoms. The number of hydrogen-bond donors (Lipinski definition) is 4. The molecular weight excluding hydrogens is 812 g/mol. The Hall–Kier alpha value is -3.89. The number of aliphatic hydroxyl groups is 1. The number of rotatable bonds is 20. The second kappa shape index (κ2) is 23.0. The fourth-order valence-electron chi connectivity index (χ4n) is 7.01. The monoisotopic (exact) mass is 872 g/mol. The smallest absolute Gasteiger partial charge is 0.303 e. The molecule has 0 radical (unpaired) electrons. The Bertz CT molecular complexity index is 1660. The number of hydrazone groups is 1. The highest BCUT2D eigenvalue weighted by Gasteiger charge is 2.58. The number of alkyl halides is 1. The molecule has 0 aliphatic carbocycles. The number of unbranched alkanes of at least 4 members (excludes halogenated alkanes) is 2. The van der Waals surface area contributed by atoms with Gasteiger partial charge in [-0.1, -0.05) is 46.7 Å². The van der Waals surface area contributed by atoms with Gasteiger partial charge in [-0.3, -0.25) is 19.2 Å². The van der Waals surface area contributed by atoms with Gasteiger partial charge < -0.3 is 39.4 Å². The molecule has 4 rings (SSSR count). The van der Waals surface area contributed by atoms with Crippen LogP contribution >= 0.6 is 15.9 Å². The Morgan fingerprint density at radius 3 is 2.48 bits per heavy atom. The summed E-state index contributed by atoms with van der Waals surface area (Å²) in [6.45, 7) is 12.5. The maximum atomic E-state index is 13.0. The molecule has 3 fully saturated rings. The number of epoxide rings is 1. The first-order valence-corrected chi connectivity index (χ1v) is 21.3. The van der Waals surface area contributed by atoms with E-state index in [-0.39, 0.29) is 48.3 Å². The van der Waals surface area contributed by atoms with Gasteiger partial charge in [0, 0.05) is 26.0 Å². The summed E-state index contributed by atoms with van der Waals surface area (Å²) in [7, 11) is 0. The highest BCUT2D eigenvalue weighted by molar-refractivity contribution is 9.09. The van der Waals surface area contributed by atoms with E-state index in [4.69, 9.17) is 23.7 Å². The van der Waals surface area contributed by atoms with Crippen molar-refractivity contribution in [3.63, 3.8) is 0 Å². The number of carbonyl (C=O) groups excluding carboxylic acids is 4. The van der Waals surface area contributed by atoms with Crippen molar-refractivity contribution >= 4 is 45.3 Å². The van der Waals surface area contributed by atoms with Crippen molar-refractivity contribution in [2.75, 3.05) is 25.1 Å². The molecule has 3 saturated heterocycles. The Balaban J connectivity index is 1.20. The SMILES string of the molecule is CC(=O)O[C@@H](C)/C=C\C(=O)N[C@@H]1C[C@H](C)[C@H](C/C=C(C)/C=C/[C@H]2O[C@H](CC(=O)N/N=C(\C)c3ccc(OCCCCCNC(=O)CBr)cc3)C[C@@]3(CO3)C2O)O[C@@H]1C. The van der Waals surface area contributed by atoms with Gasteiger partial charge >= 0.3 is 5.97 Å². The predicted molar refractivity (Wildman–Crippen MR) is 223 cm³/mol. The summed E-state index contributed by atoms with van der Waals surface area (Å²) in [5.74, 6) is -0.0456. The lowest BCUT2D eigenvalue weighted by molar-refractivity contribution is -0.145. The van der Waals surface area contributed by atoms with Gasteiger partial charge in [0.1, 0.15) is 29.7 Å². The fourth-order valence-corrected chi connectivity index (χ4v) is 7.21. The van der Waals surface area contributed by atoms with Crippen LogP contribution < -0.4 is 20.8 Å². The van der Waals surface area contributed by atoms with Gasteiger partial charge in [0.15, 0.2) is 0 Å². The maximum Gasteiger partial charge on any atom is 0.303 e. The number of halogens is 1. The first-order chi connectivity index (χ1) is 27.7. The summed E-state index contributed by atoms with van der Waals surface area (Å²) >= 11 is 3.13. The molecule has 1 aromatic rings. The first-order valence-electron chi connectivity index (χ1n) is 20.2. The van der Waals surface area contributed by atoms with Crippen molar-refractivity contribution in [3.05, 3.63) is 65.8 Å². The van der Waals surface area contributed by atoms with Crippen LogP contribution in [0.1, 0.15) is 92.1 Å². The van der Waals surface area contributed by atoms with Gasteiger partial charge in [-0.2, -0.15) is 5.10 Å². The molecule has 14 nitrogen and oxygen atoms in total. The fraction of sp³-hybridized carbons (Fsp3) is 0.605. The van der Waals surface area contributed by atoms with Crippen LogP contribution in [-0.4, -0.2) is 108 Å². The van der Waals surface area contributed by atoms with Crippen molar-refractivity contribution in [3.8, 4) is 5.75 Å². The summed E-state index contributed by atoms with van der Waals surface area (Å²) in [6.07, 6.45) is 10.7. The van der Waals surface area contributed by atoms with Crippen LogP contribution in [-0.2, 0) is 38.1 Å². The molecule has 9 atom stereocenters. The van der Waals surface area contributed by atoms with Crippen LogP contribution in [0.2, 0.25) is 0 Å². The summed E-state index contributed by atoms with van der Waals surface area (Å²) in [5, 5.41) is 21.6. The van der Waals surface area contributed by atoms with Crippen molar-refractivity contribution in [2.45, 2.75) is 135 Å². The van der Waals surface area contributed by atoms with E-state index in [9.17, 15) is 24.3 Å². The topological polar surface area (TPSA) is 186 Å². The molecule has 3 aliphatic rings. The minimum Gasteiger partial charge on any atom is -0.494 e. The highest BCUT2D eigenvalue weighted by Crippen LogP contribution is 2.43. The van der Waals surface area contributed by atoms with E-state index in [0.29, 0.717) is 43.6 Å². The molecule has 320 valence electrons. The standard InChI is InChI=1S/C43H61BrN4O10/c1-27(10-17-37-28(2)22-36(31(5)57-37)46-39(50)19-12-29(3)56-32(6)49)11-18-38-42(53)43(26-55-43)24-35(58-38)23-40(51)48-47-30(4)33-13-15-34(16-14-33)54-21-9-7-8-20-45-41(52)25-44/h10-16,18-19,28-29,31,35-38,42,53H,7-9,17,20-26H2,1-6H3,(H,45,52)(H,46,50)(H,48,51)/b18-11+,19-12-,27-10+,47-30+/t28-,29-,31+,35+,36+,37-,38+,42?,43+/m0/s1. The lowest BCUT2D eigenvalue weighted by atomic mass is 9.87. The zero-order chi connectivity index (χ0) is 42.2. The first kappa shape index (κ1) is 46.8. The van der Waals surface area contributed by atoms with Crippen molar-refractivity contribution in [1.82, 2.24) is 16.1 Å². The Morgan fingerprint density at radius 1 is 1.05 bits per heavy atom. The van der Waals surface area contributed by atoms with Crippen molar-refractivity contribution < 1.29 is 48.0 Å². The number of hydrogen-bond acceptors (Lipinski definition) is 11. The van der Waals surface area contributed by atoms with Crippen LogP contribution in [0.3, 0.4) is 0 Å². The maximum absolute atomic E-state index is 13.0. The van der Waals surface area contributed by atoms with E-state index in [0.717, 1.165) is 42.6 Å². The number of allylic oxidation sites excluding steroid dienone is 2. The van der Waals surface area contributed by atoms with Gasteiger partial charge in [-0.05, 0) is 102 Å². The molecule has 15 heteroatoms. The predicted octanol–water partition coefficient (Wildman–Crippen LogP) is 4.96. The van der Waals surface area contributed by atoms with Crippen LogP contribution in [0.4, 0.5) is 0 Å². The molecule has 1 aromatic carbocycles. The molecule has 1 spiro atoms. The Morgan fingerprint density at radius 2 is 1.79 bits per heavy atom. The number of aliphatic hydroxyl groups excluding tert-OH is 1. The molecule has 1 unspecified atom stereocenters. The molecule has 0 bridgehead atoms. The minimum atomic E-state index is -0.865. The number of esters is 1. The third-order valence-corrected chi connectivity index (χ3v) is 11.0. The molecule has 3 heterocycles. The number of nitrogens with one attached hydrogen (secondary N) is 3. The van der Waals surface area contributed by atoms with E-state index < -0.39 is 36.0 Å². The Kier molecular flexibility index (Phi) is 18.6. The van der Waals surface area contributed by atoms with Gasteiger partial charge in [-0.15, -0.1) is 0 Å². The third-order valence-electron chi connectivity index (χ3n) is 10.5. The molecule has 3 amide bonds. The third kappa shape index (κ3) is 15.4. The van der Waals surface area contributed by atoms with Crippen LogP contribution in [0.5, 0.6) is 5.75 Å². The zero-order valence-corrected chi connectivity index (χ0v) is 36.1. The van der Waals surface area contributed by atoms with E-state index in [1.165, 1.54) is 13.0 Å². The molecular formula is C43H61BrN4O10. The van der Waals surface area contributed by atoms with Crippen LogP contribution in [0, 0.1) is 5.92 Å². The summed E-state index contributed by atoms with van der Waals surface area (Å²) in [5.41, 5.74) is 4.37. The quantitative estimate of drug-likeness (QED) is 0.0204. The van der Waals surface area contributed by atoms with Crippen LogP contribution in [0.15, 0.2) is 65.3 Å². The van der Waals surface area contributed by atoms with E-state index in [2.05, 4.69) is 50.1 Å². The number of benzene rings is 1. The number of nitrogens with zero attached hydrogens (tertiary/aromatic N) is 1. The average molecular weight is 874 g/mol. The normalized spacial score (nSPS) is 28.0. The second-order valence-electron chi connectivity index (χ2n) is 15.5. The van der Waals surface area contributed by atoms with Gasteiger partial charge in [0.05, 0.1) is 55.0 Å². The molecule has 0 aromatic heterocycles. The van der Waals surface area contributed by atoms with Crippen LogP contribution in [0.25, 0.3) is 0 Å². The van der Waals surface area contributed by atoms with E-state index >= 15 is 0 Å². The van der Waals surface area contributed by atoms with Crippen molar-refractivity contribution in [1.29, 1.82) is 0 Å². The van der Waals surface area contributed by atoms with Gasteiger partial charge in [0.2, 0.25) is 17.7 Å². The summed E-state index contributed by atoms with van der Waals surface area (Å²) < 4.78 is 29.1. The molecule has 3 aliphatic heterocycles. The zero-order valence-electron chi connectivity index (χ0n) is 34.5. The average Bonchev–Trinajstić information content (AvgIpc) is 3.96. The largest absolute Gasteiger partial charge is 0.494 e. The molecule has 4 N–H and O–H groups in total. The highest BCUT2D eigenvalue weighted by atomic mass is 79.9. The lowest BCUT2D eigenvalue weighted by Crippen LogP contribution is -2.50. The van der Waals surface area contributed by atoms with E-state index in [1.807, 2.05) is 57.2 Å². The van der Waals surface area contributed by atoms with Gasteiger partial charge in [0.25, 0.3) is 0 Å². The second-order valence-corrected chi connectivity index (χ2v) is 16.1. The lowest BCUT2D eigenvalue weighted by Gasteiger charge is -2.39. The summed E-state index contributed by atoms with van der Waals surface area (Å²) in [6, 6.07) is 7.37. The number of amides is 3. The minimum absolute atomic E-state index is 0.0107. The number of carbonyl (C=O) groups is 4. The number of ether oxygens (including phenoxy) is 5. The molecule has 0 saturated carbocycles. The summed E-state index contributed by atoms with van der Waals surface area (Å²) in [4.78, 5) is 47.8. The van der Waals surface area contributed by atoms with E-state index in [1.54, 1.807) is 13.0 Å². The van der Waals surface area contributed by atoms with Crippen molar-refractivity contribution in [2.24, 2.45) is 11.0 Å².